The van der Waals surface area contributed by atoms with E-state index in [1.54, 1.807) is 19.1 Å². The quantitative estimate of drug-likeness (QED) is 0.499. The summed E-state index contributed by atoms with van der Waals surface area (Å²) in [7, 11) is -3.67. The van der Waals surface area contributed by atoms with Crippen LogP contribution < -0.4 is 9.46 Å². The number of hydrogen-bond acceptors (Lipinski definition) is 4. The minimum Gasteiger partial charge on any atom is -0.422 e. The molecule has 0 aliphatic carbocycles. The first-order chi connectivity index (χ1) is 8.38. The van der Waals surface area contributed by atoms with Gasteiger partial charge in [-0.2, -0.15) is 0 Å². The highest BCUT2D eigenvalue weighted by Gasteiger charge is 2.20. The van der Waals surface area contributed by atoms with Gasteiger partial charge >= 0.3 is 5.97 Å². The van der Waals surface area contributed by atoms with Gasteiger partial charge in [0.25, 0.3) is 0 Å². The Morgan fingerprint density at radius 2 is 2.00 bits per heavy atom. The molecule has 0 aliphatic heterocycles. The van der Waals surface area contributed by atoms with E-state index in [2.05, 4.69) is 11.3 Å². The third-order valence-electron chi connectivity index (χ3n) is 2.02. The van der Waals surface area contributed by atoms with Crippen molar-refractivity contribution in [2.24, 2.45) is 0 Å². The molecule has 0 unspecified atom stereocenters. The summed E-state index contributed by atoms with van der Waals surface area (Å²) >= 11 is 0. The molecule has 18 heavy (non-hydrogen) atoms. The molecule has 0 aliphatic rings. The Kier molecular flexibility index (Phi) is 4.63. The van der Waals surface area contributed by atoms with Gasteiger partial charge < -0.3 is 4.74 Å². The van der Waals surface area contributed by atoms with E-state index in [0.29, 0.717) is 0 Å². The fourth-order valence-corrected chi connectivity index (χ4v) is 2.38. The summed E-state index contributed by atoms with van der Waals surface area (Å²) in [6.07, 6.45) is 0. The molecule has 1 rings (SSSR count). The average Bonchev–Trinajstić information content (AvgIpc) is 2.29. The molecule has 5 nitrogen and oxygen atoms in total. The Morgan fingerprint density at radius 3 is 2.56 bits per heavy atom. The summed E-state index contributed by atoms with van der Waals surface area (Å²) < 4.78 is 31.1. The number of sulfonamides is 1. The van der Waals surface area contributed by atoms with Gasteiger partial charge in [0.15, 0.2) is 5.75 Å². The van der Waals surface area contributed by atoms with Crippen LogP contribution in [-0.4, -0.2) is 20.9 Å². The maximum absolute atomic E-state index is 11.9. The second-order valence-electron chi connectivity index (χ2n) is 3.62. The Hall–Kier alpha value is -1.66. The van der Waals surface area contributed by atoms with Crippen LogP contribution in [0.1, 0.15) is 13.8 Å². The number of hydrogen-bond donors (Lipinski definition) is 1. The monoisotopic (exact) mass is 269 g/mol. The molecule has 1 N–H and O–H groups in total. The lowest BCUT2D eigenvalue weighted by Gasteiger charge is -2.10. The van der Waals surface area contributed by atoms with Gasteiger partial charge in [0.2, 0.25) is 10.0 Å². The number of carbonyl (C=O) groups is 1. The Bertz CT molecular complexity index is 563. The van der Waals surface area contributed by atoms with Crippen molar-refractivity contribution in [1.82, 2.24) is 4.72 Å². The molecule has 6 heteroatoms. The van der Waals surface area contributed by atoms with Gasteiger partial charge in [0, 0.05) is 12.1 Å². The lowest BCUT2D eigenvalue weighted by atomic mass is 10.3. The maximum Gasteiger partial charge on any atom is 0.338 e. The van der Waals surface area contributed by atoms with Gasteiger partial charge in [-0.3, -0.25) is 0 Å². The fraction of sp³-hybridized carbons (Fsp3) is 0.250. The van der Waals surface area contributed by atoms with Crippen LogP contribution in [0.5, 0.6) is 5.75 Å². The highest BCUT2D eigenvalue weighted by Crippen LogP contribution is 2.23. The summed E-state index contributed by atoms with van der Waals surface area (Å²) in [4.78, 5) is 11.3. The molecular formula is C12H15NO4S. The number of nitrogens with one attached hydrogen (secondary N) is 1. The van der Waals surface area contributed by atoms with E-state index in [1.807, 2.05) is 0 Å². The van der Waals surface area contributed by atoms with Crippen molar-refractivity contribution < 1.29 is 17.9 Å². The van der Waals surface area contributed by atoms with Crippen LogP contribution in [0, 0.1) is 0 Å². The van der Waals surface area contributed by atoms with Crippen LogP contribution in [0.3, 0.4) is 0 Å². The second-order valence-corrected chi connectivity index (χ2v) is 5.35. The number of para-hydroxylation sites is 1. The van der Waals surface area contributed by atoms with Gasteiger partial charge in [0.1, 0.15) is 4.90 Å². The van der Waals surface area contributed by atoms with E-state index in [-0.39, 0.29) is 22.8 Å². The minimum absolute atomic E-state index is 0.00792. The lowest BCUT2D eigenvalue weighted by molar-refractivity contribution is -0.130. The Balaban J connectivity index is 3.15. The van der Waals surface area contributed by atoms with Crippen LogP contribution in [0.4, 0.5) is 0 Å². The largest absolute Gasteiger partial charge is 0.422 e. The van der Waals surface area contributed by atoms with E-state index in [0.717, 1.165) is 0 Å². The third kappa shape index (κ3) is 3.41. The summed E-state index contributed by atoms with van der Waals surface area (Å²) in [6, 6.07) is 5.94. The number of carbonyl (C=O) groups excluding carboxylic acids is 1. The van der Waals surface area contributed by atoms with E-state index in [1.165, 1.54) is 19.1 Å². The number of rotatable bonds is 5. The van der Waals surface area contributed by atoms with E-state index in [4.69, 9.17) is 4.74 Å². The number of benzene rings is 1. The average molecular weight is 269 g/mol. The molecule has 0 radical (unpaired) electrons. The zero-order valence-corrected chi connectivity index (χ0v) is 11.1. The standard InChI is InChI=1S/C12H15NO4S/c1-4-13-18(15,16)11-8-6-5-7-10(11)17-12(14)9(2)3/h5-8,13H,2,4H2,1,3H3. The number of esters is 1. The highest BCUT2D eigenvalue weighted by atomic mass is 32.2. The molecule has 0 amide bonds. The smallest absolute Gasteiger partial charge is 0.338 e. The topological polar surface area (TPSA) is 72.5 Å². The van der Waals surface area contributed by atoms with Gasteiger partial charge in [-0.05, 0) is 19.1 Å². The summed E-state index contributed by atoms with van der Waals surface area (Å²) in [5.41, 5.74) is 0.200. The molecule has 0 aromatic heterocycles. The van der Waals surface area contributed by atoms with Gasteiger partial charge in [-0.1, -0.05) is 25.6 Å². The first-order valence-corrected chi connectivity index (χ1v) is 6.83. The first kappa shape index (κ1) is 14.4. The van der Waals surface area contributed by atoms with Crippen LogP contribution in [0.2, 0.25) is 0 Å². The molecule has 0 heterocycles. The first-order valence-electron chi connectivity index (χ1n) is 5.35. The predicted octanol–water partition coefficient (Wildman–Crippen LogP) is 1.47. The molecule has 0 atom stereocenters. The molecule has 0 saturated carbocycles. The Labute approximate surface area is 107 Å². The second kappa shape index (κ2) is 5.79. The lowest BCUT2D eigenvalue weighted by Crippen LogP contribution is -2.24. The van der Waals surface area contributed by atoms with Crippen molar-refractivity contribution >= 4 is 16.0 Å². The van der Waals surface area contributed by atoms with Crippen molar-refractivity contribution in [3.8, 4) is 5.75 Å². The van der Waals surface area contributed by atoms with Crippen LogP contribution in [-0.2, 0) is 14.8 Å². The molecule has 98 valence electrons. The van der Waals surface area contributed by atoms with Crippen LogP contribution >= 0.6 is 0 Å². The van der Waals surface area contributed by atoms with Gasteiger partial charge in [-0.15, -0.1) is 0 Å². The van der Waals surface area contributed by atoms with Gasteiger partial charge in [0.05, 0.1) is 0 Å². The molecular weight excluding hydrogens is 254 g/mol. The SMILES string of the molecule is C=C(C)C(=O)Oc1ccccc1S(=O)(=O)NCC. The van der Waals surface area contributed by atoms with Crippen LogP contribution in [0.15, 0.2) is 41.3 Å². The van der Waals surface area contributed by atoms with Crippen LogP contribution in [0.25, 0.3) is 0 Å². The number of ether oxygens (including phenoxy) is 1. The highest BCUT2D eigenvalue weighted by molar-refractivity contribution is 7.89. The van der Waals surface area contributed by atoms with Crippen molar-refractivity contribution in [3.63, 3.8) is 0 Å². The third-order valence-corrected chi connectivity index (χ3v) is 3.61. The maximum atomic E-state index is 11.9. The summed E-state index contributed by atoms with van der Waals surface area (Å²) in [6.45, 7) is 6.85. The van der Waals surface area contributed by atoms with E-state index >= 15 is 0 Å². The van der Waals surface area contributed by atoms with E-state index < -0.39 is 16.0 Å². The molecule has 0 bridgehead atoms. The zero-order chi connectivity index (χ0) is 13.8. The molecule has 0 fully saturated rings. The molecule has 0 saturated heterocycles. The normalized spacial score (nSPS) is 11.0. The summed E-state index contributed by atoms with van der Waals surface area (Å²) in [5, 5.41) is 0. The summed E-state index contributed by atoms with van der Waals surface area (Å²) in [5.74, 6) is -0.666. The zero-order valence-electron chi connectivity index (χ0n) is 10.3. The predicted molar refractivity (Wildman–Crippen MR) is 67.8 cm³/mol. The van der Waals surface area contributed by atoms with Crippen molar-refractivity contribution in [2.75, 3.05) is 6.54 Å². The fourth-order valence-electron chi connectivity index (χ4n) is 1.21. The van der Waals surface area contributed by atoms with Crippen molar-refractivity contribution in [1.29, 1.82) is 0 Å². The molecule has 1 aromatic rings. The van der Waals surface area contributed by atoms with Crippen molar-refractivity contribution in [2.45, 2.75) is 18.7 Å². The minimum atomic E-state index is -3.67. The van der Waals surface area contributed by atoms with Crippen molar-refractivity contribution in [3.05, 3.63) is 36.4 Å². The molecule has 0 spiro atoms. The Morgan fingerprint density at radius 1 is 1.39 bits per heavy atom. The van der Waals surface area contributed by atoms with Gasteiger partial charge in [-0.25, -0.2) is 17.9 Å². The van der Waals surface area contributed by atoms with E-state index in [9.17, 15) is 13.2 Å². The molecule has 1 aromatic carbocycles.